The van der Waals surface area contributed by atoms with Gasteiger partial charge in [-0.3, -0.25) is 9.13 Å². The SMILES string of the molecule is CCN(CC)[Si](NC)(NC)N(CC)CC. The van der Waals surface area contributed by atoms with Gasteiger partial charge >= 0.3 is 8.72 Å². The molecule has 0 bridgehead atoms. The first-order valence-corrected chi connectivity index (χ1v) is 7.93. The summed E-state index contributed by atoms with van der Waals surface area (Å²) in [6.07, 6.45) is 0. The molecule has 4 nitrogen and oxygen atoms in total. The molecule has 0 unspecified atom stereocenters. The fourth-order valence-corrected chi connectivity index (χ4v) is 6.07. The van der Waals surface area contributed by atoms with Crippen LogP contribution in [0.15, 0.2) is 0 Å². The summed E-state index contributed by atoms with van der Waals surface area (Å²) < 4.78 is 5.06. The predicted molar refractivity (Wildman–Crippen MR) is 69.7 cm³/mol. The maximum Gasteiger partial charge on any atom is 0.370 e. The molecule has 0 aromatic carbocycles. The van der Waals surface area contributed by atoms with E-state index in [1.165, 1.54) is 0 Å². The normalized spacial score (nSPS) is 12.8. The molecule has 0 aliphatic carbocycles. The zero-order chi connectivity index (χ0) is 11.9. The van der Waals surface area contributed by atoms with Crippen LogP contribution in [0.2, 0.25) is 0 Å². The van der Waals surface area contributed by atoms with Crippen molar-refractivity contribution in [1.82, 2.24) is 19.1 Å². The second-order valence-electron chi connectivity index (χ2n) is 3.52. The molecule has 0 aliphatic heterocycles. The Morgan fingerprint density at radius 2 is 1.00 bits per heavy atom. The van der Waals surface area contributed by atoms with Crippen LogP contribution < -0.4 is 9.96 Å². The van der Waals surface area contributed by atoms with E-state index in [4.69, 9.17) is 0 Å². The van der Waals surface area contributed by atoms with Crippen molar-refractivity contribution in [3.05, 3.63) is 0 Å². The van der Waals surface area contributed by atoms with Crippen LogP contribution in [0.25, 0.3) is 0 Å². The fourth-order valence-electron chi connectivity index (χ4n) is 2.32. The van der Waals surface area contributed by atoms with E-state index in [-0.39, 0.29) is 0 Å². The number of nitrogens with one attached hydrogen (secondary N) is 2. The first kappa shape index (κ1) is 15.1. The van der Waals surface area contributed by atoms with Gasteiger partial charge in [-0.2, -0.15) is 0 Å². The Labute approximate surface area is 96.3 Å². The first-order valence-electron chi connectivity index (χ1n) is 6.04. The first-order chi connectivity index (χ1) is 7.16. The smallest absolute Gasteiger partial charge is 0.303 e. The van der Waals surface area contributed by atoms with Crippen molar-refractivity contribution >= 4 is 8.72 Å². The summed E-state index contributed by atoms with van der Waals surface area (Å²) in [5.41, 5.74) is 0. The van der Waals surface area contributed by atoms with Gasteiger partial charge in [0.15, 0.2) is 0 Å². The molecule has 15 heavy (non-hydrogen) atoms. The summed E-state index contributed by atoms with van der Waals surface area (Å²) in [5.74, 6) is 0. The van der Waals surface area contributed by atoms with Crippen molar-refractivity contribution in [3.63, 3.8) is 0 Å². The third-order valence-corrected chi connectivity index (χ3v) is 7.63. The molecule has 0 aromatic rings. The van der Waals surface area contributed by atoms with Crippen LogP contribution in [0.5, 0.6) is 0 Å². The molecule has 2 N–H and O–H groups in total. The molecule has 0 radical (unpaired) electrons. The van der Waals surface area contributed by atoms with Gasteiger partial charge < -0.3 is 9.96 Å². The molecule has 0 aromatic heterocycles. The standard InChI is InChI=1S/C10H28N4Si/c1-7-13(8-2)15(11-5,12-6)14(9-3)10-4/h11-12H,7-10H2,1-6H3. The molecular formula is C10H28N4Si. The fraction of sp³-hybridized carbons (Fsp3) is 1.00. The van der Waals surface area contributed by atoms with Gasteiger partial charge in [-0.05, 0) is 40.3 Å². The lowest BCUT2D eigenvalue weighted by molar-refractivity contribution is 0.328. The van der Waals surface area contributed by atoms with Crippen molar-refractivity contribution in [1.29, 1.82) is 0 Å². The Morgan fingerprint density at radius 3 is 1.13 bits per heavy atom. The quantitative estimate of drug-likeness (QED) is 0.598. The third-order valence-electron chi connectivity index (χ3n) is 3.14. The van der Waals surface area contributed by atoms with Gasteiger partial charge in [-0.15, -0.1) is 0 Å². The highest BCUT2D eigenvalue weighted by Gasteiger charge is 2.42. The molecule has 0 heterocycles. The monoisotopic (exact) mass is 232 g/mol. The van der Waals surface area contributed by atoms with E-state index < -0.39 is 8.72 Å². The molecule has 0 spiro atoms. The van der Waals surface area contributed by atoms with Crippen molar-refractivity contribution in [2.24, 2.45) is 0 Å². The molecule has 0 atom stereocenters. The molecule has 0 saturated carbocycles. The number of nitrogens with zero attached hydrogens (tertiary/aromatic N) is 2. The van der Waals surface area contributed by atoms with Crippen LogP contribution in [0.1, 0.15) is 27.7 Å². The predicted octanol–water partition coefficient (Wildman–Crippen LogP) is 0.544. The minimum atomic E-state index is -1.84. The minimum Gasteiger partial charge on any atom is -0.303 e. The lowest BCUT2D eigenvalue weighted by atomic mass is 10.7. The van der Waals surface area contributed by atoms with Gasteiger partial charge in [0.25, 0.3) is 0 Å². The van der Waals surface area contributed by atoms with Crippen LogP contribution in [0.3, 0.4) is 0 Å². The van der Waals surface area contributed by atoms with Gasteiger partial charge in [0.05, 0.1) is 0 Å². The second kappa shape index (κ2) is 7.35. The topological polar surface area (TPSA) is 30.5 Å². The average molecular weight is 232 g/mol. The zero-order valence-corrected chi connectivity index (χ0v) is 12.2. The number of rotatable bonds is 8. The second-order valence-corrected chi connectivity index (χ2v) is 7.13. The maximum atomic E-state index is 3.55. The van der Waals surface area contributed by atoms with E-state index in [1.807, 2.05) is 0 Å². The van der Waals surface area contributed by atoms with Gasteiger partial charge in [-0.25, -0.2) is 0 Å². The highest BCUT2D eigenvalue weighted by molar-refractivity contribution is 6.69. The van der Waals surface area contributed by atoms with Crippen LogP contribution in [-0.2, 0) is 0 Å². The van der Waals surface area contributed by atoms with Gasteiger partial charge in [-0.1, -0.05) is 27.7 Å². The molecule has 0 amide bonds. The van der Waals surface area contributed by atoms with E-state index in [1.54, 1.807) is 0 Å². The van der Waals surface area contributed by atoms with Gasteiger partial charge in [0, 0.05) is 0 Å². The minimum absolute atomic E-state index is 1.08. The molecule has 0 saturated heterocycles. The summed E-state index contributed by atoms with van der Waals surface area (Å²) in [7, 11) is 2.30. The van der Waals surface area contributed by atoms with Crippen LogP contribution in [0, 0.1) is 0 Å². The maximum absolute atomic E-state index is 3.55. The largest absolute Gasteiger partial charge is 0.370 e. The van der Waals surface area contributed by atoms with Crippen LogP contribution >= 0.6 is 0 Å². The van der Waals surface area contributed by atoms with E-state index in [2.05, 4.69) is 60.9 Å². The Balaban J connectivity index is 4.98. The number of hydrogen-bond donors (Lipinski definition) is 2. The van der Waals surface area contributed by atoms with Crippen molar-refractivity contribution in [3.8, 4) is 0 Å². The molecule has 0 aliphatic rings. The van der Waals surface area contributed by atoms with E-state index in [0.717, 1.165) is 26.2 Å². The summed E-state index contributed by atoms with van der Waals surface area (Å²) in [6.45, 7) is 13.2. The summed E-state index contributed by atoms with van der Waals surface area (Å²) >= 11 is 0. The van der Waals surface area contributed by atoms with Gasteiger partial charge in [0.1, 0.15) is 0 Å². The van der Waals surface area contributed by atoms with Crippen molar-refractivity contribution in [2.45, 2.75) is 27.7 Å². The highest BCUT2D eigenvalue weighted by Crippen LogP contribution is 2.08. The lowest BCUT2D eigenvalue weighted by Crippen LogP contribution is -2.80. The molecule has 5 heteroatoms. The molecule has 0 rings (SSSR count). The summed E-state index contributed by atoms with van der Waals surface area (Å²) in [6, 6.07) is 0. The Kier molecular flexibility index (Phi) is 7.38. The third kappa shape index (κ3) is 3.01. The lowest BCUT2D eigenvalue weighted by Gasteiger charge is -2.46. The summed E-state index contributed by atoms with van der Waals surface area (Å²) in [5, 5.41) is 0. The molecule has 0 fully saturated rings. The van der Waals surface area contributed by atoms with Crippen molar-refractivity contribution in [2.75, 3.05) is 40.3 Å². The zero-order valence-electron chi connectivity index (χ0n) is 11.2. The van der Waals surface area contributed by atoms with Crippen LogP contribution in [-0.4, -0.2) is 58.1 Å². The summed E-state index contributed by atoms with van der Waals surface area (Å²) in [4.78, 5) is 7.10. The Hall–Kier alpha value is 0.0569. The average Bonchev–Trinajstić information content (AvgIpc) is 2.29. The number of hydrogen-bond acceptors (Lipinski definition) is 4. The van der Waals surface area contributed by atoms with E-state index in [9.17, 15) is 0 Å². The van der Waals surface area contributed by atoms with Crippen molar-refractivity contribution < 1.29 is 0 Å². The molecular weight excluding hydrogens is 204 g/mol. The molecule has 92 valence electrons. The van der Waals surface area contributed by atoms with Gasteiger partial charge in [0.2, 0.25) is 0 Å². The van der Waals surface area contributed by atoms with E-state index in [0.29, 0.717) is 0 Å². The highest BCUT2D eigenvalue weighted by atomic mass is 28.4. The van der Waals surface area contributed by atoms with E-state index >= 15 is 0 Å². The Bertz CT molecular complexity index is 140. The Morgan fingerprint density at radius 1 is 0.733 bits per heavy atom. The van der Waals surface area contributed by atoms with Crippen LogP contribution in [0.4, 0.5) is 0 Å².